The van der Waals surface area contributed by atoms with E-state index < -0.39 is 0 Å². The third-order valence-corrected chi connectivity index (χ3v) is 1.25. The fourth-order valence-electron chi connectivity index (χ4n) is 0.361. The van der Waals surface area contributed by atoms with E-state index in [2.05, 4.69) is 11.9 Å². The average molecular weight is 139 g/mol. The van der Waals surface area contributed by atoms with Crippen molar-refractivity contribution in [2.24, 2.45) is 0 Å². The van der Waals surface area contributed by atoms with E-state index in [-0.39, 0.29) is 5.91 Å². The number of allylic oxidation sites excluding steroid dienone is 2. The molecule has 0 aliphatic rings. The SMILES string of the molecule is C=CC(=O)NC(C)=C(C)C. The standard InChI is InChI=1S/C8H13NO/c1-5-8(10)9-7(4)6(2)3/h5H,1H2,2-4H3,(H,9,10). The number of hydrogen-bond acceptors (Lipinski definition) is 1. The van der Waals surface area contributed by atoms with E-state index in [1.54, 1.807) is 0 Å². The van der Waals surface area contributed by atoms with E-state index in [0.717, 1.165) is 11.3 Å². The second-order valence-corrected chi connectivity index (χ2v) is 2.32. The van der Waals surface area contributed by atoms with Crippen molar-refractivity contribution in [2.75, 3.05) is 0 Å². The van der Waals surface area contributed by atoms with Gasteiger partial charge in [0.2, 0.25) is 5.91 Å². The van der Waals surface area contributed by atoms with Crippen LogP contribution in [0.4, 0.5) is 0 Å². The Morgan fingerprint density at radius 1 is 1.40 bits per heavy atom. The van der Waals surface area contributed by atoms with Gasteiger partial charge in [-0.2, -0.15) is 0 Å². The molecular weight excluding hydrogens is 126 g/mol. The third kappa shape index (κ3) is 3.07. The second-order valence-electron chi connectivity index (χ2n) is 2.32. The van der Waals surface area contributed by atoms with Crippen molar-refractivity contribution in [3.63, 3.8) is 0 Å². The third-order valence-electron chi connectivity index (χ3n) is 1.25. The molecule has 0 fully saturated rings. The molecular formula is C8H13NO. The predicted molar refractivity (Wildman–Crippen MR) is 42.4 cm³/mol. The van der Waals surface area contributed by atoms with Gasteiger partial charge in [0.25, 0.3) is 0 Å². The molecule has 0 saturated heterocycles. The molecule has 2 nitrogen and oxygen atoms in total. The number of nitrogens with one attached hydrogen (secondary N) is 1. The normalized spacial score (nSPS) is 8.30. The van der Waals surface area contributed by atoms with E-state index in [0.29, 0.717) is 0 Å². The quantitative estimate of drug-likeness (QED) is 0.578. The first-order chi connectivity index (χ1) is 4.57. The van der Waals surface area contributed by atoms with Gasteiger partial charge in [0.05, 0.1) is 0 Å². The number of amides is 1. The lowest BCUT2D eigenvalue weighted by atomic mass is 10.3. The Labute approximate surface area is 61.6 Å². The summed E-state index contributed by atoms with van der Waals surface area (Å²) >= 11 is 0. The summed E-state index contributed by atoms with van der Waals surface area (Å²) in [7, 11) is 0. The lowest BCUT2D eigenvalue weighted by Gasteiger charge is -2.02. The Hall–Kier alpha value is -1.05. The maximum atomic E-state index is 10.7. The monoisotopic (exact) mass is 139 g/mol. The molecule has 0 rings (SSSR count). The van der Waals surface area contributed by atoms with Gasteiger partial charge in [-0.25, -0.2) is 0 Å². The van der Waals surface area contributed by atoms with Gasteiger partial charge >= 0.3 is 0 Å². The Morgan fingerprint density at radius 3 is 2.20 bits per heavy atom. The van der Waals surface area contributed by atoms with E-state index >= 15 is 0 Å². The minimum Gasteiger partial charge on any atom is -0.327 e. The van der Waals surface area contributed by atoms with Crippen molar-refractivity contribution >= 4 is 5.91 Å². The van der Waals surface area contributed by atoms with Crippen LogP contribution in [0, 0.1) is 0 Å². The van der Waals surface area contributed by atoms with Crippen LogP contribution < -0.4 is 5.32 Å². The molecule has 0 heterocycles. The summed E-state index contributed by atoms with van der Waals surface area (Å²) in [6, 6.07) is 0. The van der Waals surface area contributed by atoms with Crippen molar-refractivity contribution in [3.8, 4) is 0 Å². The maximum absolute atomic E-state index is 10.7. The summed E-state index contributed by atoms with van der Waals surface area (Å²) in [5, 5.41) is 2.65. The molecule has 0 aromatic carbocycles. The van der Waals surface area contributed by atoms with E-state index in [1.165, 1.54) is 6.08 Å². The van der Waals surface area contributed by atoms with Gasteiger partial charge in [-0.3, -0.25) is 4.79 Å². The van der Waals surface area contributed by atoms with Crippen molar-refractivity contribution in [2.45, 2.75) is 20.8 Å². The van der Waals surface area contributed by atoms with Gasteiger partial charge < -0.3 is 5.32 Å². The zero-order valence-electron chi connectivity index (χ0n) is 6.69. The molecule has 2 heteroatoms. The van der Waals surface area contributed by atoms with Crippen LogP contribution in [0.2, 0.25) is 0 Å². The molecule has 0 atom stereocenters. The van der Waals surface area contributed by atoms with Crippen molar-refractivity contribution < 1.29 is 4.79 Å². The average Bonchev–Trinajstić information content (AvgIpc) is 1.87. The molecule has 0 radical (unpaired) electrons. The van der Waals surface area contributed by atoms with Crippen LogP contribution >= 0.6 is 0 Å². The summed E-state index contributed by atoms with van der Waals surface area (Å²) in [6.07, 6.45) is 1.26. The Balaban J connectivity index is 4.04. The van der Waals surface area contributed by atoms with Crippen LogP contribution in [-0.2, 0) is 4.79 Å². The van der Waals surface area contributed by atoms with E-state index in [1.807, 2.05) is 20.8 Å². The number of carbonyl (C=O) groups is 1. The van der Waals surface area contributed by atoms with Crippen LogP contribution in [0.3, 0.4) is 0 Å². The van der Waals surface area contributed by atoms with E-state index in [9.17, 15) is 4.79 Å². The van der Waals surface area contributed by atoms with Gasteiger partial charge in [-0.05, 0) is 26.8 Å². The predicted octanol–water partition coefficient (Wildman–Crippen LogP) is 1.60. The molecule has 0 aliphatic carbocycles. The van der Waals surface area contributed by atoms with Gasteiger partial charge in [-0.15, -0.1) is 0 Å². The Bertz CT molecular complexity index is 176. The highest BCUT2D eigenvalue weighted by Gasteiger charge is 1.94. The van der Waals surface area contributed by atoms with E-state index in [4.69, 9.17) is 0 Å². The fourth-order valence-corrected chi connectivity index (χ4v) is 0.361. The molecule has 0 saturated carbocycles. The second kappa shape index (κ2) is 3.88. The van der Waals surface area contributed by atoms with Gasteiger partial charge in [-0.1, -0.05) is 12.2 Å². The van der Waals surface area contributed by atoms with Gasteiger partial charge in [0.15, 0.2) is 0 Å². The lowest BCUT2D eigenvalue weighted by Crippen LogP contribution is -2.18. The van der Waals surface area contributed by atoms with Crippen LogP contribution in [0.1, 0.15) is 20.8 Å². The summed E-state index contributed by atoms with van der Waals surface area (Å²) in [5.74, 6) is -0.154. The fraction of sp³-hybridized carbons (Fsp3) is 0.375. The first-order valence-electron chi connectivity index (χ1n) is 3.15. The molecule has 0 spiro atoms. The van der Waals surface area contributed by atoms with Crippen LogP contribution in [0.25, 0.3) is 0 Å². The van der Waals surface area contributed by atoms with Crippen LogP contribution in [0.15, 0.2) is 23.9 Å². The summed E-state index contributed by atoms with van der Waals surface area (Å²) < 4.78 is 0. The summed E-state index contributed by atoms with van der Waals surface area (Å²) in [5.41, 5.74) is 2.00. The zero-order valence-corrected chi connectivity index (χ0v) is 6.69. The summed E-state index contributed by atoms with van der Waals surface area (Å²) in [6.45, 7) is 9.08. The van der Waals surface area contributed by atoms with Gasteiger partial charge in [0.1, 0.15) is 0 Å². The number of carbonyl (C=O) groups excluding carboxylic acids is 1. The highest BCUT2D eigenvalue weighted by molar-refractivity contribution is 5.88. The highest BCUT2D eigenvalue weighted by atomic mass is 16.1. The summed E-state index contributed by atoms with van der Waals surface area (Å²) in [4.78, 5) is 10.7. The molecule has 1 N–H and O–H groups in total. The lowest BCUT2D eigenvalue weighted by molar-refractivity contribution is -0.115. The molecule has 0 unspecified atom stereocenters. The molecule has 56 valence electrons. The molecule has 10 heavy (non-hydrogen) atoms. The minimum atomic E-state index is -0.154. The van der Waals surface area contributed by atoms with Crippen LogP contribution in [0.5, 0.6) is 0 Å². The first kappa shape index (κ1) is 8.95. The largest absolute Gasteiger partial charge is 0.327 e. The molecule has 0 aromatic heterocycles. The van der Waals surface area contributed by atoms with Crippen molar-refractivity contribution in [3.05, 3.63) is 23.9 Å². The molecule has 0 bridgehead atoms. The molecule has 1 amide bonds. The topological polar surface area (TPSA) is 29.1 Å². The Morgan fingerprint density at radius 2 is 1.90 bits per heavy atom. The molecule has 0 aliphatic heterocycles. The smallest absolute Gasteiger partial charge is 0.247 e. The van der Waals surface area contributed by atoms with Crippen molar-refractivity contribution in [1.29, 1.82) is 0 Å². The minimum absolute atomic E-state index is 0.154. The van der Waals surface area contributed by atoms with Crippen LogP contribution in [-0.4, -0.2) is 5.91 Å². The van der Waals surface area contributed by atoms with Gasteiger partial charge in [0, 0.05) is 5.70 Å². The van der Waals surface area contributed by atoms with Crippen molar-refractivity contribution in [1.82, 2.24) is 5.32 Å². The highest BCUT2D eigenvalue weighted by Crippen LogP contribution is 1.96. The molecule has 0 aromatic rings. The number of rotatable bonds is 2. The number of hydrogen-bond donors (Lipinski definition) is 1. The maximum Gasteiger partial charge on any atom is 0.247 e. The Kier molecular flexibility index (Phi) is 3.47. The first-order valence-corrected chi connectivity index (χ1v) is 3.15. The zero-order chi connectivity index (χ0) is 8.15.